The maximum Gasteiger partial charge on any atom is 0.230 e. The van der Waals surface area contributed by atoms with E-state index < -0.39 is 11.9 Å². The summed E-state index contributed by atoms with van der Waals surface area (Å²) >= 11 is 0. The third-order valence-electron chi connectivity index (χ3n) is 7.73. The lowest BCUT2D eigenvalue weighted by Gasteiger charge is -2.50. The average molecular weight is 429 g/mol. The molecule has 4 aliphatic carbocycles. The first-order valence-corrected chi connectivity index (χ1v) is 11.9. The van der Waals surface area contributed by atoms with Crippen molar-refractivity contribution in [1.29, 1.82) is 0 Å². The standard InChI is InChI=1S/C25H34O4.C2H6/c1-16-19-10-11-20(21(16)13-19)15-29-25(28-4)17(2)22(23(26)14-24(25)27-3)12-18-8-6-5-7-9-18;1-2/h5-9,11,14,16-17,19,21-23,26H,10,12-13,15H2,1-4H3;1-2H3. The Balaban J connectivity index is 0.00000132. The van der Waals surface area contributed by atoms with Gasteiger partial charge in [0.25, 0.3) is 0 Å². The molecule has 7 atom stereocenters. The molecule has 1 fully saturated rings. The molecule has 0 aromatic heterocycles. The van der Waals surface area contributed by atoms with Crippen molar-refractivity contribution in [3.05, 3.63) is 59.4 Å². The highest BCUT2D eigenvalue weighted by molar-refractivity contribution is 5.24. The van der Waals surface area contributed by atoms with E-state index in [0.29, 0.717) is 18.3 Å². The number of hydrogen-bond acceptors (Lipinski definition) is 4. The van der Waals surface area contributed by atoms with Gasteiger partial charge in [-0.2, -0.15) is 0 Å². The van der Waals surface area contributed by atoms with Gasteiger partial charge in [-0.3, -0.25) is 0 Å². The molecule has 2 bridgehead atoms. The van der Waals surface area contributed by atoms with Gasteiger partial charge in [0.1, 0.15) is 0 Å². The van der Waals surface area contributed by atoms with Crippen molar-refractivity contribution in [2.45, 2.75) is 58.8 Å². The second-order valence-corrected chi connectivity index (χ2v) is 9.00. The number of methoxy groups -OCH3 is 2. The summed E-state index contributed by atoms with van der Waals surface area (Å²) in [4.78, 5) is 0. The Morgan fingerprint density at radius 1 is 1.10 bits per heavy atom. The number of fused-ring (bicyclic) bond motifs is 1. The molecule has 1 aromatic carbocycles. The van der Waals surface area contributed by atoms with Gasteiger partial charge in [0.2, 0.25) is 5.79 Å². The normalized spacial score (nSPS) is 36.4. The molecular formula is C27H40O4. The van der Waals surface area contributed by atoms with Gasteiger partial charge in [-0.1, -0.05) is 64.1 Å². The van der Waals surface area contributed by atoms with Crippen LogP contribution in [0.15, 0.2) is 53.8 Å². The van der Waals surface area contributed by atoms with Crippen molar-refractivity contribution in [3.8, 4) is 0 Å². The summed E-state index contributed by atoms with van der Waals surface area (Å²) in [5.41, 5.74) is 2.59. The lowest BCUT2D eigenvalue weighted by Crippen LogP contribution is -2.54. The van der Waals surface area contributed by atoms with Crippen LogP contribution in [0, 0.1) is 29.6 Å². The summed E-state index contributed by atoms with van der Waals surface area (Å²) in [6, 6.07) is 10.3. The minimum absolute atomic E-state index is 0.0245. The van der Waals surface area contributed by atoms with E-state index >= 15 is 0 Å². The molecule has 4 aliphatic rings. The first kappa shape index (κ1) is 24.0. The maximum atomic E-state index is 10.9. The van der Waals surface area contributed by atoms with Crippen LogP contribution in [0.5, 0.6) is 0 Å². The molecule has 0 amide bonds. The fourth-order valence-corrected chi connectivity index (χ4v) is 5.64. The van der Waals surface area contributed by atoms with Crippen LogP contribution in [0.3, 0.4) is 0 Å². The molecule has 1 N–H and O–H groups in total. The van der Waals surface area contributed by atoms with Crippen LogP contribution < -0.4 is 0 Å². The van der Waals surface area contributed by atoms with Gasteiger partial charge in [0, 0.05) is 18.9 Å². The van der Waals surface area contributed by atoms with Crippen molar-refractivity contribution >= 4 is 0 Å². The minimum atomic E-state index is -0.988. The molecular weight excluding hydrogens is 388 g/mol. The van der Waals surface area contributed by atoms with Gasteiger partial charge in [0.05, 0.1) is 19.8 Å². The van der Waals surface area contributed by atoms with E-state index in [1.54, 1.807) is 20.3 Å². The summed E-state index contributed by atoms with van der Waals surface area (Å²) in [6.07, 6.45) is 6.74. The van der Waals surface area contributed by atoms with Gasteiger partial charge < -0.3 is 19.3 Å². The first-order chi connectivity index (χ1) is 15.0. The quantitative estimate of drug-likeness (QED) is 0.468. The Bertz CT molecular complexity index is 771. The van der Waals surface area contributed by atoms with Crippen molar-refractivity contribution in [2.75, 3.05) is 20.8 Å². The summed E-state index contributed by atoms with van der Waals surface area (Å²) in [5, 5.41) is 10.9. The Hall–Kier alpha value is -1.62. The molecule has 0 aliphatic heterocycles. The molecule has 4 nitrogen and oxygen atoms in total. The zero-order valence-electron chi connectivity index (χ0n) is 20.0. The maximum absolute atomic E-state index is 10.9. The number of aliphatic hydroxyl groups is 1. The van der Waals surface area contributed by atoms with E-state index in [-0.39, 0.29) is 11.8 Å². The van der Waals surface area contributed by atoms with Gasteiger partial charge in [0.15, 0.2) is 5.76 Å². The highest BCUT2D eigenvalue weighted by Gasteiger charge is 2.52. The zero-order valence-corrected chi connectivity index (χ0v) is 20.0. The van der Waals surface area contributed by atoms with Crippen LogP contribution in [-0.2, 0) is 20.6 Å². The molecule has 0 saturated heterocycles. The van der Waals surface area contributed by atoms with E-state index in [4.69, 9.17) is 14.2 Å². The molecule has 0 heterocycles. The fraction of sp³-hybridized carbons (Fsp3) is 0.630. The lowest BCUT2D eigenvalue weighted by atomic mass is 9.58. The third kappa shape index (κ3) is 4.48. The summed E-state index contributed by atoms with van der Waals surface area (Å²) < 4.78 is 18.2. The van der Waals surface area contributed by atoms with Gasteiger partial charge in [-0.15, -0.1) is 0 Å². The molecule has 5 rings (SSSR count). The first-order valence-electron chi connectivity index (χ1n) is 11.9. The van der Waals surface area contributed by atoms with Crippen molar-refractivity contribution in [3.63, 3.8) is 0 Å². The lowest BCUT2D eigenvalue weighted by molar-refractivity contribution is -0.260. The highest BCUT2D eigenvalue weighted by atomic mass is 16.7. The summed E-state index contributed by atoms with van der Waals surface area (Å²) in [7, 11) is 3.30. The molecule has 1 saturated carbocycles. The molecule has 172 valence electrons. The summed E-state index contributed by atoms with van der Waals surface area (Å²) in [6.45, 7) is 9.01. The Morgan fingerprint density at radius 2 is 1.81 bits per heavy atom. The molecule has 4 heteroatoms. The van der Waals surface area contributed by atoms with Crippen molar-refractivity contribution in [2.24, 2.45) is 29.6 Å². The second kappa shape index (κ2) is 10.3. The molecule has 1 aromatic rings. The number of ether oxygens (including phenoxy) is 3. The van der Waals surface area contributed by atoms with Crippen LogP contribution in [0.4, 0.5) is 0 Å². The van der Waals surface area contributed by atoms with Crippen LogP contribution in [0.2, 0.25) is 0 Å². The van der Waals surface area contributed by atoms with E-state index in [2.05, 4.69) is 32.1 Å². The third-order valence-corrected chi connectivity index (χ3v) is 7.73. The van der Waals surface area contributed by atoms with E-state index in [0.717, 1.165) is 24.7 Å². The Kier molecular flexibility index (Phi) is 8.01. The summed E-state index contributed by atoms with van der Waals surface area (Å²) in [5.74, 6) is 1.74. The zero-order chi connectivity index (χ0) is 22.6. The van der Waals surface area contributed by atoms with Gasteiger partial charge >= 0.3 is 0 Å². The SMILES string of the molecule is CC.COC1=CC(O)C(Cc2ccccc2)C(C)C1(OC)OCC1=CCC2CC1C2C. The second-order valence-electron chi connectivity index (χ2n) is 9.00. The highest BCUT2D eigenvalue weighted by Crippen LogP contribution is 2.51. The predicted octanol–water partition coefficient (Wildman–Crippen LogP) is 5.37. The average Bonchev–Trinajstić information content (AvgIpc) is 2.82. The number of rotatable bonds is 7. The van der Waals surface area contributed by atoms with Crippen molar-refractivity contribution < 1.29 is 19.3 Å². The smallest absolute Gasteiger partial charge is 0.230 e. The monoisotopic (exact) mass is 428 g/mol. The van der Waals surface area contributed by atoms with E-state index in [1.807, 2.05) is 32.0 Å². The van der Waals surface area contributed by atoms with Crippen LogP contribution in [0.25, 0.3) is 0 Å². The number of benzene rings is 1. The molecule has 0 radical (unpaired) electrons. The van der Waals surface area contributed by atoms with Crippen LogP contribution >= 0.6 is 0 Å². The topological polar surface area (TPSA) is 47.9 Å². The largest absolute Gasteiger partial charge is 0.496 e. The fourth-order valence-electron chi connectivity index (χ4n) is 5.64. The molecule has 31 heavy (non-hydrogen) atoms. The number of aliphatic hydroxyl groups excluding tert-OH is 1. The Labute approximate surface area is 188 Å². The minimum Gasteiger partial charge on any atom is -0.496 e. The Morgan fingerprint density at radius 3 is 2.39 bits per heavy atom. The number of allylic oxidation sites excluding steroid dienone is 1. The van der Waals surface area contributed by atoms with Gasteiger partial charge in [-0.25, -0.2) is 0 Å². The predicted molar refractivity (Wildman–Crippen MR) is 124 cm³/mol. The van der Waals surface area contributed by atoms with Gasteiger partial charge in [-0.05, 0) is 54.2 Å². The number of hydrogen-bond donors (Lipinski definition) is 1. The van der Waals surface area contributed by atoms with E-state index in [1.165, 1.54) is 17.6 Å². The van der Waals surface area contributed by atoms with Crippen molar-refractivity contribution in [1.82, 2.24) is 0 Å². The van der Waals surface area contributed by atoms with E-state index in [9.17, 15) is 5.11 Å². The van der Waals surface area contributed by atoms with Crippen LogP contribution in [-0.4, -0.2) is 37.8 Å². The van der Waals surface area contributed by atoms with Crippen LogP contribution in [0.1, 0.15) is 46.1 Å². The molecule has 0 spiro atoms. The molecule has 7 unspecified atom stereocenters.